The molecule has 2 nitrogen and oxygen atoms in total. The summed E-state index contributed by atoms with van der Waals surface area (Å²) in [5, 5.41) is 4.89. The van der Waals surface area contributed by atoms with E-state index in [1.165, 1.54) is 0 Å². The van der Waals surface area contributed by atoms with Gasteiger partial charge in [0.2, 0.25) is 0 Å². The Morgan fingerprint density at radius 3 is 2.40 bits per heavy atom. The highest BCUT2D eigenvalue weighted by Crippen LogP contribution is 2.35. The van der Waals surface area contributed by atoms with Gasteiger partial charge in [0.1, 0.15) is 5.75 Å². The molecule has 0 heterocycles. The normalized spacial score (nSPS) is 12.8. The molecule has 0 fully saturated rings. The lowest BCUT2D eigenvalue weighted by Crippen LogP contribution is -2.23. The van der Waals surface area contributed by atoms with Crippen LogP contribution in [0.5, 0.6) is 5.75 Å². The summed E-state index contributed by atoms with van der Waals surface area (Å²) >= 11 is 12.6. The van der Waals surface area contributed by atoms with E-state index in [1.54, 1.807) is 13.2 Å². The van der Waals surface area contributed by atoms with Crippen molar-refractivity contribution in [1.29, 1.82) is 0 Å². The molecule has 0 saturated heterocycles. The Labute approximate surface area is 132 Å². The summed E-state index contributed by atoms with van der Waals surface area (Å²) in [5.41, 5.74) is 1.06. The Kier molecular flexibility index (Phi) is 7.71. The Hall–Kier alpha value is -0.440. The molecule has 4 heteroatoms. The zero-order valence-electron chi connectivity index (χ0n) is 12.8. The van der Waals surface area contributed by atoms with Crippen LogP contribution >= 0.6 is 23.2 Å². The lowest BCUT2D eigenvalue weighted by Gasteiger charge is -2.22. The van der Waals surface area contributed by atoms with E-state index in [0.29, 0.717) is 21.7 Å². The highest BCUT2D eigenvalue weighted by atomic mass is 35.5. The maximum absolute atomic E-state index is 6.39. The van der Waals surface area contributed by atoms with Crippen LogP contribution in [0.1, 0.15) is 51.6 Å². The Morgan fingerprint density at radius 2 is 1.85 bits per heavy atom. The van der Waals surface area contributed by atoms with E-state index in [1.807, 2.05) is 6.07 Å². The lowest BCUT2D eigenvalue weighted by atomic mass is 9.97. The average Bonchev–Trinajstić information content (AvgIpc) is 2.41. The van der Waals surface area contributed by atoms with Crippen molar-refractivity contribution in [2.75, 3.05) is 13.7 Å². The molecule has 20 heavy (non-hydrogen) atoms. The maximum atomic E-state index is 6.39. The largest absolute Gasteiger partial charge is 0.495 e. The molecule has 0 bridgehead atoms. The molecular formula is C16H25Cl2NO. The SMILES string of the molecule is CCCNC(CCC(C)C)c1cc(Cl)c(OC)cc1Cl. The van der Waals surface area contributed by atoms with E-state index >= 15 is 0 Å². The molecule has 0 aliphatic carbocycles. The van der Waals surface area contributed by atoms with Crippen LogP contribution in [0.3, 0.4) is 0 Å². The van der Waals surface area contributed by atoms with E-state index in [-0.39, 0.29) is 6.04 Å². The summed E-state index contributed by atoms with van der Waals surface area (Å²) in [6, 6.07) is 3.97. The molecule has 0 amide bonds. The molecule has 0 aliphatic rings. The second-order valence-corrected chi connectivity index (χ2v) is 6.30. The first-order valence-electron chi connectivity index (χ1n) is 7.25. The summed E-state index contributed by atoms with van der Waals surface area (Å²) in [4.78, 5) is 0. The van der Waals surface area contributed by atoms with E-state index in [0.717, 1.165) is 31.4 Å². The van der Waals surface area contributed by atoms with Crippen LogP contribution in [0, 0.1) is 5.92 Å². The van der Waals surface area contributed by atoms with Crippen LogP contribution in [-0.4, -0.2) is 13.7 Å². The third kappa shape index (κ3) is 5.16. The number of methoxy groups -OCH3 is 1. The second-order valence-electron chi connectivity index (χ2n) is 5.49. The van der Waals surface area contributed by atoms with Crippen LogP contribution in [0.15, 0.2) is 12.1 Å². The first-order valence-corrected chi connectivity index (χ1v) is 8.01. The van der Waals surface area contributed by atoms with Crippen LogP contribution in [0.4, 0.5) is 0 Å². The van der Waals surface area contributed by atoms with Gasteiger partial charge in [-0.15, -0.1) is 0 Å². The highest BCUT2D eigenvalue weighted by Gasteiger charge is 2.17. The predicted octanol–water partition coefficient (Wildman–Crippen LogP) is 5.48. The summed E-state index contributed by atoms with van der Waals surface area (Å²) in [6.45, 7) is 7.61. The number of hydrogen-bond acceptors (Lipinski definition) is 2. The Bertz CT molecular complexity index is 421. The van der Waals surface area contributed by atoms with Crippen molar-refractivity contribution in [3.05, 3.63) is 27.7 Å². The van der Waals surface area contributed by atoms with Gasteiger partial charge in [-0.05, 0) is 43.4 Å². The van der Waals surface area contributed by atoms with Crippen molar-refractivity contribution in [1.82, 2.24) is 5.32 Å². The number of halogens is 2. The number of ether oxygens (including phenoxy) is 1. The van der Waals surface area contributed by atoms with Gasteiger partial charge in [-0.2, -0.15) is 0 Å². The molecule has 1 aromatic rings. The molecule has 1 rings (SSSR count). The fraction of sp³-hybridized carbons (Fsp3) is 0.625. The molecule has 1 N–H and O–H groups in total. The minimum Gasteiger partial charge on any atom is -0.495 e. The van der Waals surface area contributed by atoms with Gasteiger partial charge >= 0.3 is 0 Å². The minimum absolute atomic E-state index is 0.244. The molecule has 0 spiro atoms. The zero-order valence-corrected chi connectivity index (χ0v) is 14.3. The number of rotatable bonds is 8. The molecule has 1 aromatic carbocycles. The third-order valence-electron chi connectivity index (χ3n) is 3.32. The minimum atomic E-state index is 0.244. The van der Waals surface area contributed by atoms with E-state index in [4.69, 9.17) is 27.9 Å². The van der Waals surface area contributed by atoms with E-state index < -0.39 is 0 Å². The maximum Gasteiger partial charge on any atom is 0.138 e. The van der Waals surface area contributed by atoms with Crippen molar-refractivity contribution in [3.8, 4) is 5.75 Å². The standard InChI is InChI=1S/C16H25Cl2NO/c1-5-8-19-15(7-6-11(2)3)12-9-14(18)16(20-4)10-13(12)17/h9-11,15,19H,5-8H2,1-4H3. The van der Waals surface area contributed by atoms with Gasteiger partial charge in [0, 0.05) is 17.1 Å². The molecule has 114 valence electrons. The van der Waals surface area contributed by atoms with Crippen LogP contribution in [0.2, 0.25) is 10.0 Å². The van der Waals surface area contributed by atoms with Gasteiger partial charge in [0.25, 0.3) is 0 Å². The van der Waals surface area contributed by atoms with Crippen LogP contribution < -0.4 is 10.1 Å². The molecule has 0 aliphatic heterocycles. The van der Waals surface area contributed by atoms with Gasteiger partial charge < -0.3 is 10.1 Å². The fourth-order valence-electron chi connectivity index (χ4n) is 2.15. The van der Waals surface area contributed by atoms with Crippen molar-refractivity contribution in [3.63, 3.8) is 0 Å². The van der Waals surface area contributed by atoms with Crippen molar-refractivity contribution in [2.24, 2.45) is 5.92 Å². The molecule has 0 aromatic heterocycles. The van der Waals surface area contributed by atoms with Gasteiger partial charge in [0.05, 0.1) is 12.1 Å². The Balaban J connectivity index is 2.96. The van der Waals surface area contributed by atoms with E-state index in [9.17, 15) is 0 Å². The fourth-order valence-corrected chi connectivity index (χ4v) is 2.69. The van der Waals surface area contributed by atoms with Crippen LogP contribution in [0.25, 0.3) is 0 Å². The number of hydrogen-bond donors (Lipinski definition) is 1. The molecular weight excluding hydrogens is 293 g/mol. The summed E-state index contributed by atoms with van der Waals surface area (Å²) in [7, 11) is 1.60. The second kappa shape index (κ2) is 8.76. The highest BCUT2D eigenvalue weighted by molar-refractivity contribution is 6.34. The molecule has 0 saturated carbocycles. The van der Waals surface area contributed by atoms with Crippen molar-refractivity contribution < 1.29 is 4.74 Å². The quantitative estimate of drug-likeness (QED) is 0.685. The third-order valence-corrected chi connectivity index (χ3v) is 3.94. The van der Waals surface area contributed by atoms with Gasteiger partial charge in [0.15, 0.2) is 0 Å². The monoisotopic (exact) mass is 317 g/mol. The summed E-state index contributed by atoms with van der Waals surface area (Å²) < 4.78 is 5.20. The number of nitrogens with one attached hydrogen (secondary N) is 1. The van der Waals surface area contributed by atoms with Gasteiger partial charge in [-0.25, -0.2) is 0 Å². The van der Waals surface area contributed by atoms with Crippen LogP contribution in [-0.2, 0) is 0 Å². The summed E-state index contributed by atoms with van der Waals surface area (Å²) in [6.07, 6.45) is 3.31. The molecule has 1 atom stereocenters. The average molecular weight is 318 g/mol. The number of benzene rings is 1. The predicted molar refractivity (Wildman–Crippen MR) is 88.1 cm³/mol. The lowest BCUT2D eigenvalue weighted by molar-refractivity contribution is 0.413. The molecule has 0 radical (unpaired) electrons. The first kappa shape index (κ1) is 17.6. The van der Waals surface area contributed by atoms with E-state index in [2.05, 4.69) is 26.1 Å². The molecule has 1 unspecified atom stereocenters. The first-order chi connectivity index (χ1) is 9.49. The van der Waals surface area contributed by atoms with Gasteiger partial charge in [-0.1, -0.05) is 44.0 Å². The zero-order chi connectivity index (χ0) is 15.1. The van der Waals surface area contributed by atoms with Crippen molar-refractivity contribution >= 4 is 23.2 Å². The summed E-state index contributed by atoms with van der Waals surface area (Å²) in [5.74, 6) is 1.30. The van der Waals surface area contributed by atoms with Crippen molar-refractivity contribution in [2.45, 2.75) is 46.1 Å². The van der Waals surface area contributed by atoms with Gasteiger partial charge in [-0.3, -0.25) is 0 Å². The Morgan fingerprint density at radius 1 is 1.15 bits per heavy atom. The smallest absolute Gasteiger partial charge is 0.138 e. The topological polar surface area (TPSA) is 21.3 Å².